The highest BCUT2D eigenvalue weighted by atomic mass is 32.2. The van der Waals surface area contributed by atoms with Crippen molar-refractivity contribution in [2.24, 2.45) is 0 Å². The van der Waals surface area contributed by atoms with Gasteiger partial charge in [-0.15, -0.1) is 0 Å². The standard InChI is InChI=1S/C22H23NO4S/c1-4-20(15-9-11-18(12-10-15)28(3,25)26)23-22(24)19-13-16-7-5-6-8-17(16)14-21(19)27-2/h5-14,20H,4H2,1-3H3,(H,23,24). The lowest BCUT2D eigenvalue weighted by Gasteiger charge is -2.19. The summed E-state index contributed by atoms with van der Waals surface area (Å²) in [6.07, 6.45) is 1.84. The molecule has 28 heavy (non-hydrogen) atoms. The molecule has 1 unspecified atom stereocenters. The van der Waals surface area contributed by atoms with Crippen molar-refractivity contribution < 1.29 is 17.9 Å². The SMILES string of the molecule is CCC(NC(=O)c1cc2ccccc2cc1OC)c1ccc(S(C)(=O)=O)cc1. The molecule has 0 aromatic heterocycles. The Morgan fingerprint density at radius 1 is 1.04 bits per heavy atom. The highest BCUT2D eigenvalue weighted by molar-refractivity contribution is 7.90. The summed E-state index contributed by atoms with van der Waals surface area (Å²) in [6, 6.07) is 17.8. The second kappa shape index (κ2) is 8.02. The van der Waals surface area contributed by atoms with E-state index in [0.717, 1.165) is 16.3 Å². The van der Waals surface area contributed by atoms with Crippen molar-refractivity contribution in [3.8, 4) is 5.75 Å². The summed E-state index contributed by atoms with van der Waals surface area (Å²) >= 11 is 0. The first-order chi connectivity index (χ1) is 13.3. The third kappa shape index (κ3) is 4.17. The summed E-state index contributed by atoms with van der Waals surface area (Å²) in [5.74, 6) is 0.278. The van der Waals surface area contributed by atoms with Crippen molar-refractivity contribution in [3.05, 3.63) is 71.8 Å². The molecule has 3 aromatic carbocycles. The Labute approximate surface area is 165 Å². The maximum absolute atomic E-state index is 12.9. The monoisotopic (exact) mass is 397 g/mol. The number of hydrogen-bond acceptors (Lipinski definition) is 4. The van der Waals surface area contributed by atoms with Crippen LogP contribution in [0.2, 0.25) is 0 Å². The van der Waals surface area contributed by atoms with E-state index >= 15 is 0 Å². The second-order valence-electron chi connectivity index (χ2n) is 6.68. The average molecular weight is 397 g/mol. The van der Waals surface area contributed by atoms with Crippen LogP contribution in [0.15, 0.2) is 65.6 Å². The van der Waals surface area contributed by atoms with Gasteiger partial charge in [-0.2, -0.15) is 0 Å². The van der Waals surface area contributed by atoms with E-state index in [2.05, 4.69) is 5.32 Å². The molecule has 1 amide bonds. The molecule has 0 radical (unpaired) electrons. The van der Waals surface area contributed by atoms with Gasteiger partial charge in [0, 0.05) is 6.26 Å². The summed E-state index contributed by atoms with van der Waals surface area (Å²) in [4.78, 5) is 13.2. The number of sulfone groups is 1. The molecular formula is C22H23NO4S. The van der Waals surface area contributed by atoms with Crippen LogP contribution in [0.5, 0.6) is 5.75 Å². The molecule has 0 aliphatic carbocycles. The minimum Gasteiger partial charge on any atom is -0.496 e. The van der Waals surface area contributed by atoms with Crippen molar-refractivity contribution in [3.63, 3.8) is 0 Å². The number of rotatable bonds is 6. The number of ether oxygens (including phenoxy) is 1. The quantitative estimate of drug-likeness (QED) is 0.679. The van der Waals surface area contributed by atoms with Gasteiger partial charge in [0.2, 0.25) is 0 Å². The van der Waals surface area contributed by atoms with Gasteiger partial charge >= 0.3 is 0 Å². The number of fused-ring (bicyclic) bond motifs is 1. The number of amides is 1. The summed E-state index contributed by atoms with van der Waals surface area (Å²) in [7, 11) is -1.71. The first kappa shape index (κ1) is 19.9. The van der Waals surface area contributed by atoms with Gasteiger partial charge in [0.05, 0.1) is 23.6 Å². The highest BCUT2D eigenvalue weighted by Crippen LogP contribution is 2.27. The van der Waals surface area contributed by atoms with Crippen molar-refractivity contribution >= 4 is 26.5 Å². The molecule has 0 spiro atoms. The molecule has 5 nitrogen and oxygen atoms in total. The zero-order valence-electron chi connectivity index (χ0n) is 16.1. The predicted octanol–water partition coefficient (Wildman–Crippen LogP) is 4.13. The Morgan fingerprint density at radius 3 is 2.18 bits per heavy atom. The van der Waals surface area contributed by atoms with E-state index < -0.39 is 9.84 Å². The Balaban J connectivity index is 1.89. The Kier molecular flexibility index (Phi) is 5.70. The first-order valence-corrected chi connectivity index (χ1v) is 10.9. The van der Waals surface area contributed by atoms with Crippen molar-refractivity contribution in [1.82, 2.24) is 5.32 Å². The number of methoxy groups -OCH3 is 1. The van der Waals surface area contributed by atoms with E-state index in [1.54, 1.807) is 31.4 Å². The van der Waals surface area contributed by atoms with E-state index in [9.17, 15) is 13.2 Å². The van der Waals surface area contributed by atoms with E-state index in [1.165, 1.54) is 6.26 Å². The van der Waals surface area contributed by atoms with Crippen LogP contribution < -0.4 is 10.1 Å². The normalized spacial score (nSPS) is 12.5. The fraction of sp³-hybridized carbons (Fsp3) is 0.227. The lowest BCUT2D eigenvalue weighted by atomic mass is 10.0. The molecule has 0 bridgehead atoms. The lowest BCUT2D eigenvalue weighted by Crippen LogP contribution is -2.28. The Morgan fingerprint density at radius 2 is 1.64 bits per heavy atom. The maximum Gasteiger partial charge on any atom is 0.255 e. The van der Waals surface area contributed by atoms with Gasteiger partial charge in [-0.05, 0) is 47.0 Å². The molecule has 1 N–H and O–H groups in total. The average Bonchev–Trinajstić information content (AvgIpc) is 2.70. The molecule has 3 rings (SSSR count). The summed E-state index contributed by atoms with van der Waals surface area (Å²) < 4.78 is 28.7. The van der Waals surface area contributed by atoms with Gasteiger partial charge in [0.15, 0.2) is 9.84 Å². The van der Waals surface area contributed by atoms with Crippen molar-refractivity contribution in [1.29, 1.82) is 0 Å². The topological polar surface area (TPSA) is 72.5 Å². The summed E-state index contributed by atoms with van der Waals surface area (Å²) in [5, 5.41) is 4.99. The van der Waals surface area contributed by atoms with Gasteiger partial charge in [-0.25, -0.2) is 8.42 Å². The molecule has 3 aromatic rings. The molecule has 146 valence electrons. The van der Waals surface area contributed by atoms with Gasteiger partial charge in [-0.3, -0.25) is 4.79 Å². The molecular weight excluding hydrogens is 374 g/mol. The van der Waals surface area contributed by atoms with E-state index in [1.807, 2.05) is 43.3 Å². The first-order valence-electron chi connectivity index (χ1n) is 9.01. The van der Waals surface area contributed by atoms with Crippen LogP contribution in [0, 0.1) is 0 Å². The molecule has 0 aliphatic rings. The number of carbonyl (C=O) groups is 1. The van der Waals surface area contributed by atoms with E-state index in [4.69, 9.17) is 4.74 Å². The third-order valence-electron chi connectivity index (χ3n) is 4.74. The number of benzene rings is 3. The van der Waals surface area contributed by atoms with Gasteiger partial charge in [0.25, 0.3) is 5.91 Å². The molecule has 0 saturated heterocycles. The second-order valence-corrected chi connectivity index (χ2v) is 8.69. The highest BCUT2D eigenvalue weighted by Gasteiger charge is 2.19. The molecule has 0 heterocycles. The predicted molar refractivity (Wildman–Crippen MR) is 111 cm³/mol. The fourth-order valence-corrected chi connectivity index (χ4v) is 3.80. The molecule has 6 heteroatoms. The van der Waals surface area contributed by atoms with Crippen molar-refractivity contribution in [2.75, 3.05) is 13.4 Å². The zero-order valence-corrected chi connectivity index (χ0v) is 16.9. The Bertz CT molecular complexity index is 1110. The largest absolute Gasteiger partial charge is 0.496 e. The summed E-state index contributed by atoms with van der Waals surface area (Å²) in [6.45, 7) is 1.97. The number of nitrogens with one attached hydrogen (secondary N) is 1. The maximum atomic E-state index is 12.9. The Hall–Kier alpha value is -2.86. The van der Waals surface area contributed by atoms with Crippen LogP contribution in [0.3, 0.4) is 0 Å². The van der Waals surface area contributed by atoms with Crippen LogP contribution in [-0.2, 0) is 9.84 Å². The van der Waals surface area contributed by atoms with Gasteiger partial charge in [-0.1, -0.05) is 43.3 Å². The fourth-order valence-electron chi connectivity index (χ4n) is 3.17. The van der Waals surface area contributed by atoms with Crippen LogP contribution in [-0.4, -0.2) is 27.7 Å². The van der Waals surface area contributed by atoms with Gasteiger partial charge < -0.3 is 10.1 Å². The minimum atomic E-state index is -3.25. The van der Waals surface area contributed by atoms with Gasteiger partial charge in [0.1, 0.15) is 5.75 Å². The third-order valence-corrected chi connectivity index (χ3v) is 5.87. The van der Waals surface area contributed by atoms with Crippen LogP contribution in [0.1, 0.15) is 35.3 Å². The molecule has 0 aliphatic heterocycles. The van der Waals surface area contributed by atoms with Crippen LogP contribution in [0.4, 0.5) is 0 Å². The molecule has 1 atom stereocenters. The van der Waals surface area contributed by atoms with Crippen molar-refractivity contribution in [2.45, 2.75) is 24.3 Å². The number of carbonyl (C=O) groups excluding carboxylic acids is 1. The van der Waals surface area contributed by atoms with Crippen LogP contribution in [0.25, 0.3) is 10.8 Å². The molecule has 0 saturated carbocycles. The summed E-state index contributed by atoms with van der Waals surface area (Å²) in [5.41, 5.74) is 1.32. The lowest BCUT2D eigenvalue weighted by molar-refractivity contribution is 0.0932. The number of hydrogen-bond donors (Lipinski definition) is 1. The van der Waals surface area contributed by atoms with E-state index in [-0.39, 0.29) is 16.8 Å². The minimum absolute atomic E-state index is 0.235. The zero-order chi connectivity index (χ0) is 20.3. The van der Waals surface area contributed by atoms with E-state index in [0.29, 0.717) is 17.7 Å². The molecule has 0 fully saturated rings. The van der Waals surface area contributed by atoms with Crippen LogP contribution >= 0.6 is 0 Å². The smallest absolute Gasteiger partial charge is 0.255 e.